The second-order valence-corrected chi connectivity index (χ2v) is 8.74. The summed E-state index contributed by atoms with van der Waals surface area (Å²) < 4.78 is 41.0. The van der Waals surface area contributed by atoms with Gasteiger partial charge in [-0.3, -0.25) is 5.32 Å². The Hall–Kier alpha value is -2.88. The van der Waals surface area contributed by atoms with E-state index in [1.807, 2.05) is 32.9 Å². The number of amides is 2. The van der Waals surface area contributed by atoms with E-state index >= 15 is 0 Å². The summed E-state index contributed by atoms with van der Waals surface area (Å²) in [4.78, 5) is 24.5. The zero-order valence-corrected chi connectivity index (χ0v) is 18.1. The lowest BCUT2D eigenvalue weighted by Gasteiger charge is -2.40. The molecular weight excluding hydrogens is 427 g/mol. The molecule has 0 unspecified atom stereocenters. The van der Waals surface area contributed by atoms with Crippen LogP contribution in [0.5, 0.6) is 0 Å². The maximum Gasteiger partial charge on any atom is 0.419 e. The molecule has 2 aromatic heterocycles. The van der Waals surface area contributed by atoms with E-state index in [0.29, 0.717) is 5.13 Å². The van der Waals surface area contributed by atoms with Crippen molar-refractivity contribution in [3.8, 4) is 0 Å². The number of hydrogen-bond donors (Lipinski definition) is 1. The molecule has 1 aliphatic heterocycles. The Balaban J connectivity index is 1.47. The van der Waals surface area contributed by atoms with Gasteiger partial charge in [-0.1, -0.05) is 11.3 Å². The predicted octanol–water partition coefficient (Wildman–Crippen LogP) is 5.07. The van der Waals surface area contributed by atoms with Gasteiger partial charge in [-0.25, -0.2) is 14.8 Å². The third kappa shape index (κ3) is 4.30. The average Bonchev–Trinajstić information content (AvgIpc) is 3.08. The summed E-state index contributed by atoms with van der Waals surface area (Å²) in [6.45, 7) is 6.65. The minimum absolute atomic E-state index is 0.0983. The SMILES string of the molecule is Cc1cc2nc(NC(=O)N3CCN(c4ncccc4C(F)(F)F)C[C@H]3C)sc2cc1C. The van der Waals surface area contributed by atoms with E-state index in [4.69, 9.17) is 0 Å². The highest BCUT2D eigenvalue weighted by molar-refractivity contribution is 7.22. The summed E-state index contributed by atoms with van der Waals surface area (Å²) in [5.74, 6) is -0.0983. The van der Waals surface area contributed by atoms with Gasteiger partial charge >= 0.3 is 12.2 Å². The van der Waals surface area contributed by atoms with Crippen LogP contribution in [0.4, 0.5) is 28.9 Å². The Morgan fingerprint density at radius 2 is 1.97 bits per heavy atom. The molecule has 1 fully saturated rings. The van der Waals surface area contributed by atoms with Gasteiger partial charge in [0.2, 0.25) is 0 Å². The topological polar surface area (TPSA) is 61.4 Å². The number of alkyl halides is 3. The lowest BCUT2D eigenvalue weighted by atomic mass is 10.1. The van der Waals surface area contributed by atoms with Crippen LogP contribution in [-0.4, -0.2) is 46.6 Å². The highest BCUT2D eigenvalue weighted by Crippen LogP contribution is 2.36. The fraction of sp³-hybridized carbons (Fsp3) is 0.381. The van der Waals surface area contributed by atoms with Crippen LogP contribution in [0.2, 0.25) is 0 Å². The molecule has 3 heterocycles. The molecular formula is C21H22F3N5OS. The highest BCUT2D eigenvalue weighted by Gasteiger charge is 2.37. The van der Waals surface area contributed by atoms with Crippen LogP contribution >= 0.6 is 11.3 Å². The van der Waals surface area contributed by atoms with Crippen LogP contribution in [-0.2, 0) is 6.18 Å². The smallest absolute Gasteiger partial charge is 0.352 e. The molecule has 0 bridgehead atoms. The molecule has 31 heavy (non-hydrogen) atoms. The first-order valence-corrected chi connectivity index (χ1v) is 10.7. The van der Waals surface area contributed by atoms with Crippen LogP contribution in [0.3, 0.4) is 0 Å². The van der Waals surface area contributed by atoms with Gasteiger partial charge in [-0.15, -0.1) is 0 Å². The number of fused-ring (bicyclic) bond motifs is 1. The number of aryl methyl sites for hydroxylation is 2. The summed E-state index contributed by atoms with van der Waals surface area (Å²) >= 11 is 1.40. The summed E-state index contributed by atoms with van der Waals surface area (Å²) in [7, 11) is 0. The van der Waals surface area contributed by atoms with E-state index in [1.54, 1.807) is 9.80 Å². The van der Waals surface area contributed by atoms with E-state index in [-0.39, 0.29) is 37.5 Å². The lowest BCUT2D eigenvalue weighted by Crippen LogP contribution is -2.55. The second kappa shape index (κ2) is 7.99. The van der Waals surface area contributed by atoms with Crippen molar-refractivity contribution in [1.82, 2.24) is 14.9 Å². The van der Waals surface area contributed by atoms with Crippen LogP contribution in [0.15, 0.2) is 30.5 Å². The van der Waals surface area contributed by atoms with E-state index in [9.17, 15) is 18.0 Å². The predicted molar refractivity (Wildman–Crippen MR) is 116 cm³/mol. The van der Waals surface area contributed by atoms with Crippen molar-refractivity contribution in [2.45, 2.75) is 33.0 Å². The van der Waals surface area contributed by atoms with Crippen molar-refractivity contribution in [2.24, 2.45) is 0 Å². The molecule has 0 radical (unpaired) electrons. The number of piperazine rings is 1. The number of rotatable bonds is 2. The molecule has 1 N–H and O–H groups in total. The maximum absolute atomic E-state index is 13.3. The molecule has 1 saturated heterocycles. The number of nitrogens with zero attached hydrogens (tertiary/aromatic N) is 4. The number of carbonyl (C=O) groups excluding carboxylic acids is 1. The summed E-state index contributed by atoms with van der Waals surface area (Å²) in [6.07, 6.45) is -3.13. The largest absolute Gasteiger partial charge is 0.419 e. The van der Waals surface area contributed by atoms with Gasteiger partial charge in [0.25, 0.3) is 0 Å². The minimum atomic E-state index is -4.48. The number of thiazole rings is 1. The van der Waals surface area contributed by atoms with Gasteiger partial charge in [-0.05, 0) is 56.2 Å². The molecule has 10 heteroatoms. The van der Waals surface area contributed by atoms with E-state index in [2.05, 4.69) is 15.3 Å². The van der Waals surface area contributed by atoms with Crippen molar-refractivity contribution in [3.05, 3.63) is 47.2 Å². The average molecular weight is 450 g/mol. The van der Waals surface area contributed by atoms with Gasteiger partial charge in [0.1, 0.15) is 5.82 Å². The molecule has 1 aromatic carbocycles. The van der Waals surface area contributed by atoms with Crippen molar-refractivity contribution < 1.29 is 18.0 Å². The van der Waals surface area contributed by atoms with Crippen molar-refractivity contribution in [3.63, 3.8) is 0 Å². The van der Waals surface area contributed by atoms with Crippen LogP contribution in [0.25, 0.3) is 10.2 Å². The minimum Gasteiger partial charge on any atom is -0.352 e. The fourth-order valence-electron chi connectivity index (χ4n) is 3.72. The molecule has 4 rings (SSSR count). The number of pyridine rings is 1. The molecule has 0 spiro atoms. The lowest BCUT2D eigenvalue weighted by molar-refractivity contribution is -0.137. The van der Waals surface area contributed by atoms with Crippen LogP contribution in [0, 0.1) is 13.8 Å². The maximum atomic E-state index is 13.3. The normalized spacial score (nSPS) is 17.3. The quantitative estimate of drug-likeness (QED) is 0.594. The van der Waals surface area contributed by atoms with E-state index in [0.717, 1.165) is 27.4 Å². The van der Waals surface area contributed by atoms with Gasteiger partial charge in [0, 0.05) is 31.9 Å². The monoisotopic (exact) mass is 449 g/mol. The van der Waals surface area contributed by atoms with Gasteiger partial charge < -0.3 is 9.80 Å². The zero-order chi connectivity index (χ0) is 22.3. The Morgan fingerprint density at radius 3 is 2.68 bits per heavy atom. The van der Waals surface area contributed by atoms with E-state index < -0.39 is 11.7 Å². The van der Waals surface area contributed by atoms with Crippen LogP contribution < -0.4 is 10.2 Å². The second-order valence-electron chi connectivity index (χ2n) is 7.71. The van der Waals surface area contributed by atoms with Crippen molar-refractivity contribution in [2.75, 3.05) is 29.9 Å². The molecule has 164 valence electrons. The Labute approximate surface area is 181 Å². The van der Waals surface area contributed by atoms with Gasteiger partial charge in [0.05, 0.1) is 15.8 Å². The molecule has 1 atom stereocenters. The number of nitrogens with one attached hydrogen (secondary N) is 1. The first-order chi connectivity index (χ1) is 14.6. The number of halogens is 3. The number of hydrogen-bond acceptors (Lipinski definition) is 5. The first kappa shape index (κ1) is 21.4. The first-order valence-electron chi connectivity index (χ1n) is 9.86. The molecule has 6 nitrogen and oxygen atoms in total. The summed E-state index contributed by atoms with van der Waals surface area (Å²) in [5, 5.41) is 3.34. The molecule has 0 saturated carbocycles. The van der Waals surface area contributed by atoms with E-state index in [1.165, 1.54) is 23.6 Å². The third-order valence-electron chi connectivity index (χ3n) is 5.50. The van der Waals surface area contributed by atoms with Gasteiger partial charge in [-0.2, -0.15) is 13.2 Å². The Bertz CT molecular complexity index is 1090. The number of urea groups is 1. The summed E-state index contributed by atoms with van der Waals surface area (Å²) in [5.41, 5.74) is 2.36. The van der Waals surface area contributed by atoms with Gasteiger partial charge in [0.15, 0.2) is 5.13 Å². The molecule has 0 aliphatic carbocycles. The number of aromatic nitrogens is 2. The molecule has 3 aromatic rings. The fourth-order valence-corrected chi connectivity index (χ4v) is 4.65. The number of benzene rings is 1. The van der Waals surface area contributed by atoms with Crippen molar-refractivity contribution >= 4 is 38.5 Å². The van der Waals surface area contributed by atoms with Crippen LogP contribution in [0.1, 0.15) is 23.6 Å². The Morgan fingerprint density at radius 1 is 1.23 bits per heavy atom. The third-order valence-corrected chi connectivity index (χ3v) is 6.43. The standard InChI is InChI=1S/C21H22F3N5OS/c1-12-9-16-17(10-13(12)2)31-19(26-16)27-20(30)29-8-7-28(11-14(29)3)18-15(21(22,23)24)5-4-6-25-18/h4-6,9-10,14H,7-8,11H2,1-3H3,(H,26,27,30)/t14-/m1/s1. The van der Waals surface area contributed by atoms with Crippen molar-refractivity contribution in [1.29, 1.82) is 0 Å². The highest BCUT2D eigenvalue weighted by atomic mass is 32.1. The number of anilines is 2. The molecule has 1 aliphatic rings. The summed E-state index contributed by atoms with van der Waals surface area (Å²) in [6, 6.07) is 5.74. The molecule has 2 amide bonds. The number of carbonyl (C=O) groups is 1. The Kier molecular flexibility index (Phi) is 5.50. The zero-order valence-electron chi connectivity index (χ0n) is 17.3.